The van der Waals surface area contributed by atoms with Crippen molar-refractivity contribution in [3.63, 3.8) is 0 Å². The second-order valence-electron chi connectivity index (χ2n) is 0.879. The standard InChI is InChI=1S/C2H2O4.H3O3P/c3-1(4)2(5)6;1-4(2)3/h(H,3,4)(H,5,6);1-3H. The first-order chi connectivity index (χ1) is 4.37. The number of hydrogen-bond donors (Lipinski definition) is 5. The van der Waals surface area contributed by atoms with Crippen LogP contribution >= 0.6 is 8.60 Å². The average Bonchev–Trinajstić information content (AvgIpc) is 1.63. The van der Waals surface area contributed by atoms with Gasteiger partial charge in [0.1, 0.15) is 0 Å². The van der Waals surface area contributed by atoms with Gasteiger partial charge in [-0.1, -0.05) is 0 Å². The van der Waals surface area contributed by atoms with Gasteiger partial charge in [-0.05, 0) is 0 Å². The topological polar surface area (TPSA) is 135 Å². The van der Waals surface area contributed by atoms with Crippen LogP contribution in [0.2, 0.25) is 0 Å². The predicted octanol–water partition coefficient (Wildman–Crippen LogP) is -1.65. The fourth-order valence-electron chi connectivity index (χ4n) is 0. The highest BCUT2D eigenvalue weighted by Crippen LogP contribution is 2.11. The number of carboxylic acids is 2. The zero-order chi connectivity index (χ0) is 8.73. The first-order valence-corrected chi connectivity index (χ1v) is 2.91. The first-order valence-electron chi connectivity index (χ1n) is 1.71. The Morgan fingerprint density at radius 3 is 1.00 bits per heavy atom. The van der Waals surface area contributed by atoms with Gasteiger partial charge >= 0.3 is 20.5 Å². The first kappa shape index (κ1) is 12.0. The van der Waals surface area contributed by atoms with Crippen LogP contribution in [0.4, 0.5) is 0 Å². The molecule has 0 saturated heterocycles. The Morgan fingerprint density at radius 2 is 1.00 bits per heavy atom. The molecule has 7 nitrogen and oxygen atoms in total. The lowest BCUT2D eigenvalue weighted by Crippen LogP contribution is -2.09. The molecule has 0 rings (SSSR count). The van der Waals surface area contributed by atoms with E-state index >= 15 is 0 Å². The Balaban J connectivity index is 0. The lowest BCUT2D eigenvalue weighted by Gasteiger charge is -1.76. The molecule has 0 unspecified atom stereocenters. The van der Waals surface area contributed by atoms with E-state index in [1.54, 1.807) is 0 Å². The van der Waals surface area contributed by atoms with Crippen molar-refractivity contribution in [1.29, 1.82) is 0 Å². The quantitative estimate of drug-likeness (QED) is 0.218. The van der Waals surface area contributed by atoms with Crippen LogP contribution in [0.5, 0.6) is 0 Å². The average molecular weight is 172 g/mol. The maximum absolute atomic E-state index is 9.10. The van der Waals surface area contributed by atoms with Crippen LogP contribution in [-0.4, -0.2) is 36.8 Å². The van der Waals surface area contributed by atoms with E-state index in [-0.39, 0.29) is 0 Å². The predicted molar refractivity (Wildman–Crippen MR) is 28.8 cm³/mol. The van der Waals surface area contributed by atoms with E-state index in [0.29, 0.717) is 0 Å². The minimum absolute atomic E-state index is 1.82. The molecule has 0 aliphatic heterocycles. The molecule has 5 N–H and O–H groups in total. The van der Waals surface area contributed by atoms with Crippen molar-refractivity contribution in [2.45, 2.75) is 0 Å². The van der Waals surface area contributed by atoms with Gasteiger partial charge in [-0.2, -0.15) is 0 Å². The van der Waals surface area contributed by atoms with E-state index in [0.717, 1.165) is 0 Å². The van der Waals surface area contributed by atoms with Crippen molar-refractivity contribution in [1.82, 2.24) is 0 Å². The normalized spacial score (nSPS) is 8.00. The van der Waals surface area contributed by atoms with Crippen LogP contribution in [0, 0.1) is 0 Å². The van der Waals surface area contributed by atoms with Crippen LogP contribution in [0.3, 0.4) is 0 Å². The van der Waals surface area contributed by atoms with Gasteiger partial charge in [0.15, 0.2) is 0 Å². The zero-order valence-corrected chi connectivity index (χ0v) is 5.39. The highest BCUT2D eigenvalue weighted by atomic mass is 31.2. The summed E-state index contributed by atoms with van der Waals surface area (Å²) >= 11 is 0. The van der Waals surface area contributed by atoms with Crippen LogP contribution in [0.15, 0.2) is 0 Å². The summed E-state index contributed by atoms with van der Waals surface area (Å²) in [6.07, 6.45) is 0. The minimum atomic E-state index is -2.62. The molecule has 0 bridgehead atoms. The number of carbonyl (C=O) groups is 2. The molecule has 0 aliphatic carbocycles. The number of rotatable bonds is 0. The van der Waals surface area contributed by atoms with E-state index in [1.165, 1.54) is 0 Å². The molecule has 0 atom stereocenters. The molecule has 0 fully saturated rings. The van der Waals surface area contributed by atoms with Gasteiger partial charge in [0, 0.05) is 0 Å². The number of aliphatic carboxylic acids is 2. The summed E-state index contributed by atoms with van der Waals surface area (Å²) in [4.78, 5) is 39.9. The summed E-state index contributed by atoms with van der Waals surface area (Å²) in [6, 6.07) is 0. The van der Waals surface area contributed by atoms with Crippen molar-refractivity contribution in [3.05, 3.63) is 0 Å². The summed E-state index contributed by atoms with van der Waals surface area (Å²) in [5, 5.41) is 14.8. The molecule has 0 aromatic carbocycles. The minimum Gasteiger partial charge on any atom is -0.473 e. The highest BCUT2D eigenvalue weighted by Gasteiger charge is 2.04. The monoisotopic (exact) mass is 172 g/mol. The van der Waals surface area contributed by atoms with Crippen molar-refractivity contribution >= 4 is 20.5 Å². The Morgan fingerprint density at radius 1 is 0.900 bits per heavy atom. The van der Waals surface area contributed by atoms with Crippen LogP contribution in [-0.2, 0) is 9.59 Å². The molecule has 0 saturated carbocycles. The van der Waals surface area contributed by atoms with Gasteiger partial charge in [0.2, 0.25) is 0 Å². The van der Waals surface area contributed by atoms with Crippen LogP contribution in [0.25, 0.3) is 0 Å². The summed E-state index contributed by atoms with van der Waals surface area (Å²) in [6.45, 7) is 0. The molecular formula is C2H5O7P. The molecule has 60 valence electrons. The summed E-state index contributed by atoms with van der Waals surface area (Å²) in [7, 11) is -2.62. The van der Waals surface area contributed by atoms with Gasteiger partial charge in [-0.3, -0.25) is 0 Å². The number of hydrogen-bond acceptors (Lipinski definition) is 5. The summed E-state index contributed by atoms with van der Waals surface area (Å²) in [5.41, 5.74) is 0. The third-order valence-corrected chi connectivity index (χ3v) is 0.183. The molecule has 0 amide bonds. The maximum atomic E-state index is 9.10. The summed E-state index contributed by atoms with van der Waals surface area (Å²) in [5.74, 6) is -3.65. The molecule has 0 heterocycles. The molecule has 0 aromatic rings. The van der Waals surface area contributed by atoms with Gasteiger partial charge in [-0.25, -0.2) is 9.59 Å². The van der Waals surface area contributed by atoms with Crippen LogP contribution in [0.1, 0.15) is 0 Å². The smallest absolute Gasteiger partial charge is 0.414 e. The Kier molecular flexibility index (Phi) is 7.63. The Hall–Kier alpha value is -0.750. The third-order valence-electron chi connectivity index (χ3n) is 0.183. The molecule has 0 radical (unpaired) electrons. The molecular weight excluding hydrogens is 167 g/mol. The van der Waals surface area contributed by atoms with E-state index < -0.39 is 20.5 Å². The molecule has 0 aromatic heterocycles. The Bertz CT molecular complexity index is 104. The van der Waals surface area contributed by atoms with E-state index in [1.807, 2.05) is 0 Å². The van der Waals surface area contributed by atoms with Crippen LogP contribution < -0.4 is 0 Å². The lowest BCUT2D eigenvalue weighted by atomic mass is 10.7. The SMILES string of the molecule is O=C(O)C(=O)O.OP(O)O. The molecule has 10 heavy (non-hydrogen) atoms. The molecule has 0 spiro atoms. The van der Waals surface area contributed by atoms with E-state index in [2.05, 4.69) is 0 Å². The van der Waals surface area contributed by atoms with Gasteiger partial charge < -0.3 is 24.9 Å². The fourth-order valence-corrected chi connectivity index (χ4v) is 0. The van der Waals surface area contributed by atoms with E-state index in [9.17, 15) is 0 Å². The largest absolute Gasteiger partial charge is 0.473 e. The Labute approximate surface area is 56.2 Å². The highest BCUT2D eigenvalue weighted by molar-refractivity contribution is 7.38. The second kappa shape index (κ2) is 6.37. The van der Waals surface area contributed by atoms with Gasteiger partial charge in [0.25, 0.3) is 0 Å². The second-order valence-corrected chi connectivity index (χ2v) is 1.42. The van der Waals surface area contributed by atoms with Crippen molar-refractivity contribution in [2.24, 2.45) is 0 Å². The zero-order valence-electron chi connectivity index (χ0n) is 4.50. The third kappa shape index (κ3) is 26.8. The summed E-state index contributed by atoms with van der Waals surface area (Å²) < 4.78 is 0. The number of carboxylic acid groups (broad SMARTS) is 2. The van der Waals surface area contributed by atoms with Gasteiger partial charge in [0.05, 0.1) is 0 Å². The van der Waals surface area contributed by atoms with Crippen molar-refractivity contribution in [2.75, 3.05) is 0 Å². The van der Waals surface area contributed by atoms with Crippen molar-refractivity contribution < 1.29 is 34.5 Å². The maximum Gasteiger partial charge on any atom is 0.414 e. The lowest BCUT2D eigenvalue weighted by molar-refractivity contribution is -0.159. The molecule has 0 aliphatic rings. The van der Waals surface area contributed by atoms with Crippen molar-refractivity contribution in [3.8, 4) is 0 Å². The fraction of sp³-hybridized carbons (Fsp3) is 0. The van der Waals surface area contributed by atoms with Gasteiger partial charge in [-0.15, -0.1) is 0 Å². The molecule has 8 heteroatoms. The van der Waals surface area contributed by atoms with E-state index in [4.69, 9.17) is 34.5 Å².